The lowest BCUT2D eigenvalue weighted by Gasteiger charge is -2.18. The molecule has 0 aromatic heterocycles. The SMILES string of the molecule is CCC(C)CCCCCCCCC(=O)OC[C@H](COC(=O)CCCCCCCCCCCCCCCCCC(C)C)OC(=O)CCCCCCCCCCCCCCCCCCC(C)C. The van der Waals surface area contributed by atoms with Crippen LogP contribution in [0.1, 0.15) is 324 Å². The third-order valence-corrected chi connectivity index (χ3v) is 13.8. The van der Waals surface area contributed by atoms with Crippen molar-refractivity contribution in [1.29, 1.82) is 0 Å². The normalized spacial score (nSPS) is 12.6. The highest BCUT2D eigenvalue weighted by molar-refractivity contribution is 5.71. The van der Waals surface area contributed by atoms with Crippen molar-refractivity contribution in [3.05, 3.63) is 0 Å². The summed E-state index contributed by atoms with van der Waals surface area (Å²) < 4.78 is 16.9. The molecule has 0 fully saturated rings. The molecule has 6 nitrogen and oxygen atoms in total. The molecule has 65 heavy (non-hydrogen) atoms. The van der Waals surface area contributed by atoms with E-state index in [4.69, 9.17) is 14.2 Å². The lowest BCUT2D eigenvalue weighted by Crippen LogP contribution is -2.30. The second-order valence-corrected chi connectivity index (χ2v) is 21.5. The fourth-order valence-electron chi connectivity index (χ4n) is 8.97. The van der Waals surface area contributed by atoms with Crippen molar-refractivity contribution in [3.63, 3.8) is 0 Å². The highest BCUT2D eigenvalue weighted by Crippen LogP contribution is 2.19. The molecule has 0 radical (unpaired) electrons. The van der Waals surface area contributed by atoms with E-state index in [-0.39, 0.29) is 31.1 Å². The van der Waals surface area contributed by atoms with Gasteiger partial charge in [-0.15, -0.1) is 0 Å². The zero-order valence-electron chi connectivity index (χ0n) is 44.8. The third-order valence-electron chi connectivity index (χ3n) is 13.8. The Labute approximate surface area is 406 Å². The van der Waals surface area contributed by atoms with E-state index in [0.29, 0.717) is 19.3 Å². The Morgan fingerprint density at radius 2 is 0.538 bits per heavy atom. The van der Waals surface area contributed by atoms with E-state index in [0.717, 1.165) is 75.5 Å². The molecule has 2 atom stereocenters. The van der Waals surface area contributed by atoms with Gasteiger partial charge in [0.25, 0.3) is 0 Å². The molecule has 0 aromatic carbocycles. The number of hydrogen-bond donors (Lipinski definition) is 0. The summed E-state index contributed by atoms with van der Waals surface area (Å²) in [6.45, 7) is 13.8. The van der Waals surface area contributed by atoms with Gasteiger partial charge in [-0.3, -0.25) is 14.4 Å². The number of rotatable bonds is 52. The van der Waals surface area contributed by atoms with Crippen LogP contribution in [0.5, 0.6) is 0 Å². The highest BCUT2D eigenvalue weighted by Gasteiger charge is 2.19. The second kappa shape index (κ2) is 50.3. The molecule has 0 saturated carbocycles. The van der Waals surface area contributed by atoms with E-state index in [1.54, 1.807) is 0 Å². The van der Waals surface area contributed by atoms with Gasteiger partial charge in [-0.2, -0.15) is 0 Å². The quantitative estimate of drug-likeness (QED) is 0.0344. The molecular weight excluding hydrogens is 805 g/mol. The van der Waals surface area contributed by atoms with Crippen LogP contribution in [0.2, 0.25) is 0 Å². The molecule has 6 heteroatoms. The van der Waals surface area contributed by atoms with Gasteiger partial charge in [0.2, 0.25) is 0 Å². The minimum absolute atomic E-state index is 0.0641. The van der Waals surface area contributed by atoms with Gasteiger partial charge in [-0.25, -0.2) is 0 Å². The third kappa shape index (κ3) is 51.6. The standard InChI is InChI=1S/C59H114O6/c1-7-55(6)47-41-35-31-32-37-43-49-58(61)64-52-56(51-63-57(60)48-42-36-29-25-21-17-14-10-12-16-20-24-28-34-40-46-54(4)5)65-59(62)50-44-38-30-26-22-18-13-9-8-11-15-19-23-27-33-39-45-53(2)3/h53-56H,7-52H2,1-6H3/t55?,56-/m0/s1. The zero-order chi connectivity index (χ0) is 47.7. The molecule has 0 aliphatic heterocycles. The number of ether oxygens (including phenoxy) is 3. The lowest BCUT2D eigenvalue weighted by atomic mass is 10.00. The monoisotopic (exact) mass is 919 g/mol. The van der Waals surface area contributed by atoms with Gasteiger partial charge in [0, 0.05) is 19.3 Å². The highest BCUT2D eigenvalue weighted by atomic mass is 16.6. The number of hydrogen-bond acceptors (Lipinski definition) is 6. The van der Waals surface area contributed by atoms with Gasteiger partial charge in [-0.1, -0.05) is 286 Å². The molecule has 0 heterocycles. The maximum atomic E-state index is 12.8. The van der Waals surface area contributed by atoms with E-state index in [1.165, 1.54) is 205 Å². The predicted molar refractivity (Wildman–Crippen MR) is 279 cm³/mol. The summed E-state index contributed by atoms with van der Waals surface area (Å²) in [6.07, 6.45) is 52.4. The van der Waals surface area contributed by atoms with Crippen molar-refractivity contribution in [2.45, 2.75) is 330 Å². The van der Waals surface area contributed by atoms with Crippen LogP contribution in [0.3, 0.4) is 0 Å². The van der Waals surface area contributed by atoms with Crippen LogP contribution < -0.4 is 0 Å². The van der Waals surface area contributed by atoms with E-state index in [1.807, 2.05) is 0 Å². The van der Waals surface area contributed by atoms with Crippen LogP contribution in [-0.2, 0) is 28.6 Å². The number of carbonyl (C=O) groups excluding carboxylic acids is 3. The van der Waals surface area contributed by atoms with Crippen molar-refractivity contribution >= 4 is 17.9 Å². The zero-order valence-corrected chi connectivity index (χ0v) is 44.8. The van der Waals surface area contributed by atoms with Crippen LogP contribution >= 0.6 is 0 Å². The van der Waals surface area contributed by atoms with Gasteiger partial charge in [0.05, 0.1) is 0 Å². The minimum Gasteiger partial charge on any atom is -0.462 e. The summed E-state index contributed by atoms with van der Waals surface area (Å²) in [5, 5.41) is 0. The molecule has 1 unspecified atom stereocenters. The number of carbonyl (C=O) groups is 3. The minimum atomic E-state index is -0.764. The maximum absolute atomic E-state index is 12.8. The lowest BCUT2D eigenvalue weighted by molar-refractivity contribution is -0.167. The topological polar surface area (TPSA) is 78.9 Å². The van der Waals surface area contributed by atoms with Crippen molar-refractivity contribution in [1.82, 2.24) is 0 Å². The summed E-state index contributed by atoms with van der Waals surface area (Å²) in [4.78, 5) is 38.1. The number of esters is 3. The van der Waals surface area contributed by atoms with Crippen LogP contribution in [0.15, 0.2) is 0 Å². The number of unbranched alkanes of at least 4 members (excludes halogenated alkanes) is 34. The predicted octanol–water partition coefficient (Wildman–Crippen LogP) is 19.1. The molecule has 386 valence electrons. The fourth-order valence-corrected chi connectivity index (χ4v) is 8.97. The van der Waals surface area contributed by atoms with E-state index in [2.05, 4.69) is 41.5 Å². The maximum Gasteiger partial charge on any atom is 0.306 e. The van der Waals surface area contributed by atoms with Crippen molar-refractivity contribution in [3.8, 4) is 0 Å². The van der Waals surface area contributed by atoms with Crippen LogP contribution in [0, 0.1) is 17.8 Å². The first kappa shape index (κ1) is 63.4. The average Bonchev–Trinajstić information content (AvgIpc) is 3.28. The Kier molecular flexibility index (Phi) is 49.1. The van der Waals surface area contributed by atoms with E-state index in [9.17, 15) is 14.4 Å². The molecule has 0 aromatic rings. The largest absolute Gasteiger partial charge is 0.462 e. The first-order valence-corrected chi connectivity index (χ1v) is 29.1. The van der Waals surface area contributed by atoms with Crippen LogP contribution in [0.4, 0.5) is 0 Å². The van der Waals surface area contributed by atoms with Crippen molar-refractivity contribution in [2.75, 3.05) is 13.2 Å². The summed E-state index contributed by atoms with van der Waals surface area (Å²) in [5.74, 6) is 1.67. The second-order valence-electron chi connectivity index (χ2n) is 21.5. The first-order chi connectivity index (χ1) is 31.6. The molecule has 0 N–H and O–H groups in total. The van der Waals surface area contributed by atoms with Gasteiger partial charge < -0.3 is 14.2 Å². The van der Waals surface area contributed by atoms with Gasteiger partial charge >= 0.3 is 17.9 Å². The Morgan fingerprint density at radius 3 is 0.800 bits per heavy atom. The Hall–Kier alpha value is -1.59. The summed E-state index contributed by atoms with van der Waals surface area (Å²) in [5.41, 5.74) is 0. The molecule has 0 saturated heterocycles. The molecule has 0 aliphatic rings. The summed E-state index contributed by atoms with van der Waals surface area (Å²) in [7, 11) is 0. The first-order valence-electron chi connectivity index (χ1n) is 29.1. The molecular formula is C59H114O6. The van der Waals surface area contributed by atoms with Gasteiger partial charge in [0.15, 0.2) is 6.10 Å². The van der Waals surface area contributed by atoms with E-state index >= 15 is 0 Å². The Bertz CT molecular complexity index is 1010. The van der Waals surface area contributed by atoms with Crippen LogP contribution in [0.25, 0.3) is 0 Å². The molecule has 0 spiro atoms. The molecule has 0 rings (SSSR count). The Balaban J connectivity index is 4.24. The molecule has 0 amide bonds. The van der Waals surface area contributed by atoms with Gasteiger partial charge in [-0.05, 0) is 37.0 Å². The van der Waals surface area contributed by atoms with Crippen molar-refractivity contribution in [2.24, 2.45) is 17.8 Å². The van der Waals surface area contributed by atoms with Crippen molar-refractivity contribution < 1.29 is 28.6 Å². The molecule has 0 bridgehead atoms. The van der Waals surface area contributed by atoms with E-state index < -0.39 is 6.10 Å². The Morgan fingerprint density at radius 1 is 0.308 bits per heavy atom. The fraction of sp³-hybridized carbons (Fsp3) is 0.949. The summed E-state index contributed by atoms with van der Waals surface area (Å²) >= 11 is 0. The smallest absolute Gasteiger partial charge is 0.306 e. The van der Waals surface area contributed by atoms with Gasteiger partial charge in [0.1, 0.15) is 13.2 Å². The average molecular weight is 920 g/mol. The van der Waals surface area contributed by atoms with Crippen LogP contribution in [-0.4, -0.2) is 37.2 Å². The summed E-state index contributed by atoms with van der Waals surface area (Å²) in [6, 6.07) is 0. The molecule has 0 aliphatic carbocycles.